The number of thiophene rings is 2. The van der Waals surface area contributed by atoms with Gasteiger partial charge in [0.1, 0.15) is 10.9 Å². The van der Waals surface area contributed by atoms with Gasteiger partial charge in [0.05, 0.1) is 10.3 Å². The Labute approximate surface area is 215 Å². The molecule has 0 unspecified atom stereocenters. The summed E-state index contributed by atoms with van der Waals surface area (Å²) >= 11 is 2.85. The number of anilines is 1. The number of unbranched alkanes of at least 4 members (excludes halogenated alkanes) is 5. The number of amides is 1. The van der Waals surface area contributed by atoms with E-state index in [-0.39, 0.29) is 24.3 Å². The number of hydrogen-bond acceptors (Lipinski definition) is 8. The number of hydrogen-bond donors (Lipinski definition) is 5. The number of H-pyrrole nitrogens is 1. The summed E-state index contributed by atoms with van der Waals surface area (Å²) in [5, 5.41) is 20.9. The molecule has 3 aromatic heterocycles. The summed E-state index contributed by atoms with van der Waals surface area (Å²) in [6.07, 6.45) is 7.77. The molecule has 0 saturated carbocycles. The minimum absolute atomic E-state index is 0.141. The number of carboxylic acid groups (broad SMARTS) is 2. The van der Waals surface area contributed by atoms with Gasteiger partial charge in [-0.05, 0) is 50.3 Å². The Hall–Kier alpha value is -3.25. The fourth-order valence-corrected chi connectivity index (χ4v) is 5.85. The number of aromatic amines is 1. The first-order valence-corrected chi connectivity index (χ1v) is 13.5. The fraction of sp³-hybridized carbons (Fsp3) is 0.458. The minimum Gasteiger partial charge on any atom is -0.481 e. The molecule has 0 fully saturated rings. The fourth-order valence-electron chi connectivity index (χ4n) is 3.82. The second-order valence-electron chi connectivity index (χ2n) is 8.57. The van der Waals surface area contributed by atoms with Crippen molar-refractivity contribution in [1.82, 2.24) is 15.3 Å². The van der Waals surface area contributed by atoms with E-state index in [4.69, 9.17) is 10.8 Å². The summed E-state index contributed by atoms with van der Waals surface area (Å²) < 4.78 is 0. The highest BCUT2D eigenvalue weighted by molar-refractivity contribution is 7.18. The number of nitrogens with zero attached hydrogens (tertiary/aromatic N) is 1. The van der Waals surface area contributed by atoms with Crippen LogP contribution in [0.15, 0.2) is 23.0 Å². The van der Waals surface area contributed by atoms with Crippen molar-refractivity contribution in [3.8, 4) is 0 Å². The number of nitrogen functional groups attached to an aromatic ring is 1. The monoisotopic (exact) mass is 534 g/mol. The minimum atomic E-state index is -1.25. The van der Waals surface area contributed by atoms with Crippen molar-refractivity contribution >= 4 is 56.7 Å². The Bertz CT molecular complexity index is 1270. The standard InChI is InChI=1S/C24H30N4O6S2/c25-24-27-20(31)16-13-15(36-22(16)28-24)8-6-4-2-1-3-5-7-14-9-11-18(35-14)21(32)26-17(23(33)34)10-12-19(29)30/h9,11,13,17H,1-8,10,12H2,(H,26,32)(H,29,30)(H,33,34)(H3,25,27,28,31)/t17-/m1/s1. The van der Waals surface area contributed by atoms with Gasteiger partial charge in [0.2, 0.25) is 5.95 Å². The van der Waals surface area contributed by atoms with Crippen LogP contribution < -0.4 is 16.6 Å². The van der Waals surface area contributed by atoms with Crippen molar-refractivity contribution in [3.05, 3.63) is 43.2 Å². The van der Waals surface area contributed by atoms with Gasteiger partial charge in [-0.15, -0.1) is 22.7 Å². The van der Waals surface area contributed by atoms with Gasteiger partial charge in [0.15, 0.2) is 0 Å². The van der Waals surface area contributed by atoms with Gasteiger partial charge in [0, 0.05) is 16.2 Å². The lowest BCUT2D eigenvalue weighted by Gasteiger charge is -2.12. The molecule has 10 nitrogen and oxygen atoms in total. The van der Waals surface area contributed by atoms with Crippen LogP contribution in [-0.4, -0.2) is 44.1 Å². The molecular weight excluding hydrogens is 504 g/mol. The normalized spacial score (nSPS) is 12.0. The quantitative estimate of drug-likeness (QED) is 0.183. The van der Waals surface area contributed by atoms with Crippen molar-refractivity contribution in [2.45, 2.75) is 70.3 Å². The lowest BCUT2D eigenvalue weighted by molar-refractivity contribution is -0.140. The first-order chi connectivity index (χ1) is 17.2. The molecule has 3 heterocycles. The van der Waals surface area contributed by atoms with Crippen LogP contribution in [0.1, 0.15) is 70.8 Å². The molecule has 194 valence electrons. The third-order valence-electron chi connectivity index (χ3n) is 5.70. The van der Waals surface area contributed by atoms with Crippen LogP contribution in [-0.2, 0) is 22.4 Å². The molecule has 0 spiro atoms. The molecule has 6 N–H and O–H groups in total. The largest absolute Gasteiger partial charge is 0.481 e. The van der Waals surface area contributed by atoms with E-state index in [1.54, 1.807) is 6.07 Å². The van der Waals surface area contributed by atoms with E-state index in [0.717, 1.165) is 61.1 Å². The predicted molar refractivity (Wildman–Crippen MR) is 140 cm³/mol. The highest BCUT2D eigenvalue weighted by Crippen LogP contribution is 2.24. The number of carbonyl (C=O) groups is 3. The smallest absolute Gasteiger partial charge is 0.326 e. The molecule has 36 heavy (non-hydrogen) atoms. The van der Waals surface area contributed by atoms with Gasteiger partial charge in [-0.2, -0.15) is 0 Å². The zero-order valence-corrected chi connectivity index (χ0v) is 21.4. The number of aryl methyl sites for hydroxylation is 2. The third kappa shape index (κ3) is 8.16. The summed E-state index contributed by atoms with van der Waals surface area (Å²) in [5.41, 5.74) is 5.40. The van der Waals surface area contributed by atoms with Crippen molar-refractivity contribution < 1.29 is 24.6 Å². The summed E-state index contributed by atoms with van der Waals surface area (Å²) in [4.78, 5) is 56.2. The number of nitrogens with two attached hydrogens (primary N) is 1. The third-order valence-corrected chi connectivity index (χ3v) is 7.94. The van der Waals surface area contributed by atoms with E-state index in [2.05, 4.69) is 15.3 Å². The van der Waals surface area contributed by atoms with Crippen molar-refractivity contribution in [3.63, 3.8) is 0 Å². The van der Waals surface area contributed by atoms with Gasteiger partial charge in [-0.25, -0.2) is 9.78 Å². The molecule has 3 aromatic rings. The van der Waals surface area contributed by atoms with Crippen LogP contribution in [0.4, 0.5) is 5.95 Å². The predicted octanol–water partition coefficient (Wildman–Crippen LogP) is 3.80. The number of rotatable bonds is 15. The zero-order valence-electron chi connectivity index (χ0n) is 19.7. The van der Waals surface area contributed by atoms with Gasteiger partial charge in [0.25, 0.3) is 11.5 Å². The SMILES string of the molecule is Nc1nc2sc(CCCCCCCCc3ccc(C(=O)N[C@H](CCC(=O)O)C(=O)O)s3)cc2c(=O)[nH]1. The van der Waals surface area contributed by atoms with Crippen LogP contribution >= 0.6 is 22.7 Å². The van der Waals surface area contributed by atoms with Crippen molar-refractivity contribution in [2.75, 3.05) is 5.73 Å². The van der Waals surface area contributed by atoms with Gasteiger partial charge >= 0.3 is 11.9 Å². The molecule has 0 bridgehead atoms. The van der Waals surface area contributed by atoms with Gasteiger partial charge < -0.3 is 21.3 Å². The average molecular weight is 535 g/mol. The molecule has 0 radical (unpaired) electrons. The van der Waals surface area contributed by atoms with Crippen LogP contribution in [0.5, 0.6) is 0 Å². The Morgan fingerprint density at radius 1 is 1.00 bits per heavy atom. The van der Waals surface area contributed by atoms with Crippen LogP contribution in [0.3, 0.4) is 0 Å². The van der Waals surface area contributed by atoms with E-state index in [9.17, 15) is 24.3 Å². The molecule has 1 atom stereocenters. The average Bonchev–Trinajstić information content (AvgIpc) is 3.45. The maximum Gasteiger partial charge on any atom is 0.326 e. The van der Waals surface area contributed by atoms with Gasteiger partial charge in [-0.3, -0.25) is 19.4 Å². The second-order valence-corrected chi connectivity index (χ2v) is 10.9. The Morgan fingerprint density at radius 2 is 1.67 bits per heavy atom. The number of nitrogens with one attached hydrogen (secondary N) is 2. The molecule has 1 amide bonds. The molecule has 0 aliphatic rings. The van der Waals surface area contributed by atoms with Crippen molar-refractivity contribution in [1.29, 1.82) is 0 Å². The lowest BCUT2D eigenvalue weighted by Crippen LogP contribution is -2.40. The lowest BCUT2D eigenvalue weighted by atomic mass is 10.1. The van der Waals surface area contributed by atoms with E-state index in [0.29, 0.717) is 15.1 Å². The maximum atomic E-state index is 12.3. The van der Waals surface area contributed by atoms with Gasteiger partial charge in [-0.1, -0.05) is 25.7 Å². The van der Waals surface area contributed by atoms with Crippen molar-refractivity contribution in [2.24, 2.45) is 0 Å². The van der Waals surface area contributed by atoms with E-state index in [1.807, 2.05) is 12.1 Å². The number of fused-ring (bicyclic) bond motifs is 1. The number of aromatic nitrogens is 2. The van der Waals surface area contributed by atoms with E-state index >= 15 is 0 Å². The molecular formula is C24H30N4O6S2. The first kappa shape index (κ1) is 27.3. The van der Waals surface area contributed by atoms with Crippen LogP contribution in [0, 0.1) is 0 Å². The molecule has 3 rings (SSSR count). The molecule has 12 heteroatoms. The van der Waals surface area contributed by atoms with Crippen LogP contribution in [0.2, 0.25) is 0 Å². The Morgan fingerprint density at radius 3 is 2.33 bits per heavy atom. The van der Waals surface area contributed by atoms with Crippen LogP contribution in [0.25, 0.3) is 10.2 Å². The highest BCUT2D eigenvalue weighted by Gasteiger charge is 2.22. The summed E-state index contributed by atoms with van der Waals surface area (Å²) in [7, 11) is 0. The highest BCUT2D eigenvalue weighted by atomic mass is 32.1. The first-order valence-electron chi connectivity index (χ1n) is 11.9. The molecule has 0 saturated heterocycles. The zero-order chi connectivity index (χ0) is 26.1. The van der Waals surface area contributed by atoms with E-state index in [1.165, 1.54) is 22.7 Å². The molecule has 0 aromatic carbocycles. The summed E-state index contributed by atoms with van der Waals surface area (Å²) in [6.45, 7) is 0. The number of carboxylic acids is 2. The maximum absolute atomic E-state index is 12.3. The molecule has 0 aliphatic heterocycles. The summed E-state index contributed by atoms with van der Waals surface area (Å²) in [6, 6.07) is 4.23. The number of aliphatic carboxylic acids is 2. The second kappa shape index (κ2) is 13.2. The molecule has 0 aliphatic carbocycles. The summed E-state index contributed by atoms with van der Waals surface area (Å²) in [5.74, 6) is -2.71. The topological polar surface area (TPSA) is 175 Å². The Kier molecular flexibility index (Phi) is 10.00. The number of carbonyl (C=O) groups excluding carboxylic acids is 1. The van der Waals surface area contributed by atoms with E-state index < -0.39 is 23.9 Å². The Balaban J connectivity index is 1.31.